The highest BCUT2D eigenvalue weighted by Gasteiger charge is 2.09. The number of amides is 1. The molecule has 3 aromatic rings. The molecule has 0 radical (unpaired) electrons. The fourth-order valence-corrected chi connectivity index (χ4v) is 4.27. The molecule has 2 N–H and O–H groups in total. The number of carboxylic acids is 1. The van der Waals surface area contributed by atoms with E-state index in [2.05, 4.69) is 22.4 Å². The first-order valence-electron chi connectivity index (χ1n) is 7.69. The van der Waals surface area contributed by atoms with Crippen molar-refractivity contribution >= 4 is 50.9 Å². The summed E-state index contributed by atoms with van der Waals surface area (Å²) in [6.07, 6.45) is -0.205. The van der Waals surface area contributed by atoms with Crippen LogP contribution in [0.3, 0.4) is 0 Å². The van der Waals surface area contributed by atoms with E-state index in [-0.39, 0.29) is 18.7 Å². The van der Waals surface area contributed by atoms with Gasteiger partial charge in [0.05, 0.1) is 16.6 Å². The molecule has 0 atom stereocenters. The fourth-order valence-electron chi connectivity index (χ4n) is 2.21. The van der Waals surface area contributed by atoms with Crippen LogP contribution in [0.5, 0.6) is 0 Å². The largest absolute Gasteiger partial charge is 0.481 e. The Morgan fingerprint density at radius 1 is 1.12 bits per heavy atom. The minimum absolute atomic E-state index is 0.0335. The molecule has 1 amide bonds. The molecule has 0 fully saturated rings. The maximum Gasteiger partial charge on any atom is 0.303 e. The van der Waals surface area contributed by atoms with E-state index in [1.54, 1.807) is 29.2 Å². The Hall–Kier alpha value is -2.38. The minimum atomic E-state index is -0.979. The summed E-state index contributed by atoms with van der Waals surface area (Å²) >= 11 is 3.27. The molecule has 0 unspecified atom stereocenters. The van der Waals surface area contributed by atoms with Crippen molar-refractivity contribution in [2.24, 2.45) is 0 Å². The van der Waals surface area contributed by atoms with Crippen LogP contribution in [-0.4, -0.2) is 22.0 Å². The molecular formula is C18H16N2O3S2. The van der Waals surface area contributed by atoms with E-state index in [0.717, 1.165) is 20.3 Å². The summed E-state index contributed by atoms with van der Waals surface area (Å²) < 4.78 is 1.97. The van der Waals surface area contributed by atoms with Gasteiger partial charge in [-0.05, 0) is 23.8 Å². The highest BCUT2D eigenvalue weighted by Crippen LogP contribution is 2.32. The number of nitrogens with one attached hydrogen (secondary N) is 1. The second-order valence-corrected chi connectivity index (χ2v) is 7.63. The zero-order chi connectivity index (χ0) is 17.6. The SMILES string of the molecule is O=C(O)CCC(=O)Nc1ccc2nc(SCc3ccccc3)sc2c1. The number of hydrogen-bond acceptors (Lipinski definition) is 5. The number of aromatic nitrogens is 1. The predicted octanol–water partition coefficient (Wildman–Crippen LogP) is 4.39. The number of carbonyl (C=O) groups is 2. The smallest absolute Gasteiger partial charge is 0.303 e. The maximum absolute atomic E-state index is 11.7. The lowest BCUT2D eigenvalue weighted by Gasteiger charge is -2.03. The van der Waals surface area contributed by atoms with Crippen LogP contribution in [0.4, 0.5) is 5.69 Å². The molecule has 128 valence electrons. The van der Waals surface area contributed by atoms with E-state index in [1.807, 2.05) is 30.3 Å². The van der Waals surface area contributed by atoms with E-state index in [4.69, 9.17) is 5.11 Å². The van der Waals surface area contributed by atoms with Crippen LogP contribution in [0.1, 0.15) is 18.4 Å². The van der Waals surface area contributed by atoms with Gasteiger partial charge in [0.1, 0.15) is 0 Å². The third kappa shape index (κ3) is 5.04. The van der Waals surface area contributed by atoms with Crippen LogP contribution >= 0.6 is 23.1 Å². The van der Waals surface area contributed by atoms with E-state index in [0.29, 0.717) is 5.69 Å². The van der Waals surface area contributed by atoms with E-state index in [9.17, 15) is 9.59 Å². The molecule has 0 saturated carbocycles. The van der Waals surface area contributed by atoms with Crippen LogP contribution in [-0.2, 0) is 15.3 Å². The third-order valence-corrected chi connectivity index (χ3v) is 5.66. The summed E-state index contributed by atoms with van der Waals surface area (Å²) in [6.45, 7) is 0. The summed E-state index contributed by atoms with van der Waals surface area (Å²) in [5.41, 5.74) is 2.80. The summed E-state index contributed by atoms with van der Waals surface area (Å²) in [6, 6.07) is 15.7. The lowest BCUT2D eigenvalue weighted by molar-refractivity contribution is -0.138. The number of fused-ring (bicyclic) bond motifs is 1. The van der Waals surface area contributed by atoms with Gasteiger partial charge in [0.15, 0.2) is 4.34 Å². The number of carbonyl (C=O) groups excluding carboxylic acids is 1. The summed E-state index contributed by atoms with van der Waals surface area (Å²) in [5.74, 6) is -0.419. The topological polar surface area (TPSA) is 79.3 Å². The Morgan fingerprint density at radius 2 is 1.92 bits per heavy atom. The van der Waals surface area contributed by atoms with Crippen molar-refractivity contribution in [2.75, 3.05) is 5.32 Å². The van der Waals surface area contributed by atoms with Crippen LogP contribution in [0, 0.1) is 0 Å². The van der Waals surface area contributed by atoms with Crippen LogP contribution in [0.2, 0.25) is 0 Å². The summed E-state index contributed by atoms with van der Waals surface area (Å²) in [5, 5.41) is 11.3. The van der Waals surface area contributed by atoms with E-state index in [1.165, 1.54) is 5.56 Å². The van der Waals surface area contributed by atoms with Crippen LogP contribution in [0.25, 0.3) is 10.2 Å². The lowest BCUT2D eigenvalue weighted by atomic mass is 10.2. The van der Waals surface area contributed by atoms with Crippen molar-refractivity contribution in [3.63, 3.8) is 0 Å². The molecule has 0 aliphatic carbocycles. The molecule has 3 rings (SSSR count). The van der Waals surface area contributed by atoms with Gasteiger partial charge < -0.3 is 10.4 Å². The number of rotatable bonds is 7. The Morgan fingerprint density at radius 3 is 2.68 bits per heavy atom. The molecule has 0 saturated heterocycles. The highest BCUT2D eigenvalue weighted by atomic mass is 32.2. The van der Waals surface area contributed by atoms with Gasteiger partial charge in [-0.15, -0.1) is 11.3 Å². The van der Waals surface area contributed by atoms with Gasteiger partial charge in [-0.1, -0.05) is 42.1 Å². The quantitative estimate of drug-likeness (QED) is 0.601. The molecule has 1 heterocycles. The fraction of sp³-hybridized carbons (Fsp3) is 0.167. The van der Waals surface area contributed by atoms with Crippen LogP contribution in [0.15, 0.2) is 52.9 Å². The Labute approximate surface area is 153 Å². The van der Waals surface area contributed by atoms with E-state index < -0.39 is 5.97 Å². The first kappa shape index (κ1) is 17.4. The monoisotopic (exact) mass is 372 g/mol. The molecule has 7 heteroatoms. The highest BCUT2D eigenvalue weighted by molar-refractivity contribution is 8.00. The molecule has 0 bridgehead atoms. The average molecular weight is 372 g/mol. The molecule has 25 heavy (non-hydrogen) atoms. The first-order valence-corrected chi connectivity index (χ1v) is 9.49. The second kappa shape index (κ2) is 8.13. The number of nitrogens with zero attached hydrogens (tertiary/aromatic N) is 1. The molecule has 0 aliphatic heterocycles. The number of thioether (sulfide) groups is 1. The van der Waals surface area contributed by atoms with Crippen LogP contribution < -0.4 is 5.32 Å². The van der Waals surface area contributed by atoms with E-state index >= 15 is 0 Å². The van der Waals surface area contributed by atoms with Gasteiger partial charge in [0, 0.05) is 17.9 Å². The number of hydrogen-bond donors (Lipinski definition) is 2. The number of thiazole rings is 1. The molecule has 5 nitrogen and oxygen atoms in total. The van der Waals surface area contributed by atoms with Crippen molar-refractivity contribution in [1.29, 1.82) is 0 Å². The van der Waals surface area contributed by atoms with Gasteiger partial charge in [0.25, 0.3) is 0 Å². The molecule has 1 aromatic heterocycles. The zero-order valence-corrected chi connectivity index (χ0v) is 14.9. The van der Waals surface area contributed by atoms with Gasteiger partial charge >= 0.3 is 5.97 Å². The molecular weight excluding hydrogens is 356 g/mol. The average Bonchev–Trinajstić information content (AvgIpc) is 3.01. The zero-order valence-electron chi connectivity index (χ0n) is 13.3. The second-order valence-electron chi connectivity index (χ2n) is 5.38. The molecule has 2 aromatic carbocycles. The summed E-state index contributed by atoms with van der Waals surface area (Å²) in [4.78, 5) is 26.8. The molecule has 0 spiro atoms. The number of benzene rings is 2. The lowest BCUT2D eigenvalue weighted by Crippen LogP contribution is -2.12. The van der Waals surface area contributed by atoms with Gasteiger partial charge in [-0.3, -0.25) is 9.59 Å². The Bertz CT molecular complexity index is 894. The normalized spacial score (nSPS) is 10.7. The number of anilines is 1. The third-order valence-electron chi connectivity index (χ3n) is 3.42. The van der Waals surface area contributed by atoms with Gasteiger partial charge in [-0.25, -0.2) is 4.98 Å². The van der Waals surface area contributed by atoms with Gasteiger partial charge in [-0.2, -0.15) is 0 Å². The minimum Gasteiger partial charge on any atom is -0.481 e. The standard InChI is InChI=1S/C18H16N2O3S2/c21-16(8-9-17(22)23)19-13-6-7-14-15(10-13)25-18(20-14)24-11-12-4-2-1-3-5-12/h1-7,10H,8-9,11H2,(H,19,21)(H,22,23). The Balaban J connectivity index is 1.64. The predicted molar refractivity (Wildman–Crippen MR) is 101 cm³/mol. The van der Waals surface area contributed by atoms with Crippen molar-refractivity contribution in [2.45, 2.75) is 22.9 Å². The number of aliphatic carboxylic acids is 1. The van der Waals surface area contributed by atoms with Gasteiger partial charge in [0.2, 0.25) is 5.91 Å². The van der Waals surface area contributed by atoms with Crippen molar-refractivity contribution in [1.82, 2.24) is 4.98 Å². The molecule has 0 aliphatic rings. The summed E-state index contributed by atoms with van der Waals surface area (Å²) in [7, 11) is 0. The van der Waals surface area contributed by atoms with Crippen molar-refractivity contribution in [3.05, 3.63) is 54.1 Å². The first-order chi connectivity index (χ1) is 12.1. The van der Waals surface area contributed by atoms with Crippen molar-refractivity contribution < 1.29 is 14.7 Å². The Kier molecular flexibility index (Phi) is 5.67. The van der Waals surface area contributed by atoms with Crippen molar-refractivity contribution in [3.8, 4) is 0 Å². The number of carboxylic acid groups (broad SMARTS) is 1. The maximum atomic E-state index is 11.7.